The van der Waals surface area contributed by atoms with Gasteiger partial charge in [-0.1, -0.05) is 65.3 Å². The minimum Gasteiger partial charge on any atom is -0.507 e. The van der Waals surface area contributed by atoms with Crippen LogP contribution in [0.25, 0.3) is 0 Å². The van der Waals surface area contributed by atoms with Crippen molar-refractivity contribution in [2.75, 3.05) is 26.3 Å². The molecule has 1 fully saturated rings. The number of aromatic hydroxyl groups is 2. The van der Waals surface area contributed by atoms with Crippen molar-refractivity contribution in [3.05, 3.63) is 82.4 Å². The largest absolute Gasteiger partial charge is 0.507 e. The smallest absolute Gasteiger partial charge is 0.342 e. The second-order valence-electron chi connectivity index (χ2n) is 10.0. The third-order valence-electron chi connectivity index (χ3n) is 7.08. The zero-order chi connectivity index (χ0) is 28.3. The first-order valence-electron chi connectivity index (χ1n) is 13.6. The van der Waals surface area contributed by atoms with Gasteiger partial charge in [-0.25, -0.2) is 4.79 Å². The normalized spacial score (nSPS) is 19.8. The van der Waals surface area contributed by atoms with E-state index in [0.717, 1.165) is 38.2 Å². The lowest BCUT2D eigenvalue weighted by atomic mass is 9.90. The van der Waals surface area contributed by atoms with Crippen LogP contribution in [0.1, 0.15) is 53.6 Å². The van der Waals surface area contributed by atoms with E-state index in [2.05, 4.69) is 17.3 Å². The molecule has 0 saturated carbocycles. The molecule has 0 spiro atoms. The van der Waals surface area contributed by atoms with Crippen molar-refractivity contribution in [3.8, 4) is 11.5 Å². The second-order valence-corrected chi connectivity index (χ2v) is 10.4. The first kappa shape index (κ1) is 29.2. The van der Waals surface area contributed by atoms with E-state index in [1.165, 1.54) is 5.56 Å². The number of amides is 1. The van der Waals surface area contributed by atoms with Crippen LogP contribution in [0.5, 0.6) is 11.5 Å². The van der Waals surface area contributed by atoms with Crippen molar-refractivity contribution in [2.24, 2.45) is 11.1 Å². The quantitative estimate of drug-likeness (QED) is 0.277. The number of piperidine rings is 1. The summed E-state index contributed by atoms with van der Waals surface area (Å²) in [6, 6.07) is 11.4. The lowest BCUT2D eigenvalue weighted by Crippen LogP contribution is -2.40. The minimum absolute atomic E-state index is 0.0311. The van der Waals surface area contributed by atoms with Crippen molar-refractivity contribution in [1.82, 2.24) is 4.90 Å². The number of rotatable bonds is 5. The molecule has 0 bridgehead atoms. The molecule has 2 aromatic carbocycles. The Balaban J connectivity index is 1.42. The third-order valence-corrected chi connectivity index (χ3v) is 7.50. The molecule has 2 N–H and O–H groups in total. The molecule has 2 aliphatic rings. The van der Waals surface area contributed by atoms with Gasteiger partial charge in [-0.2, -0.15) is 0 Å². The number of phenolic OH excluding ortho intramolecular Hbond substituents is 2. The molecule has 2 aromatic rings. The Labute approximate surface area is 239 Å². The summed E-state index contributed by atoms with van der Waals surface area (Å²) in [5.41, 5.74) is 1.71. The Morgan fingerprint density at radius 2 is 1.77 bits per heavy atom. The van der Waals surface area contributed by atoms with Gasteiger partial charge in [0.2, 0.25) is 0 Å². The Hall–Kier alpha value is -3.78. The molecule has 1 saturated heterocycles. The van der Waals surface area contributed by atoms with Crippen LogP contribution in [0.3, 0.4) is 0 Å². The van der Waals surface area contributed by atoms with Gasteiger partial charge in [-0.3, -0.25) is 4.79 Å². The van der Waals surface area contributed by atoms with E-state index >= 15 is 0 Å². The van der Waals surface area contributed by atoms with E-state index in [-0.39, 0.29) is 47.4 Å². The number of fused-ring (bicyclic) bond motifs is 1. The molecule has 9 heteroatoms. The van der Waals surface area contributed by atoms with Crippen molar-refractivity contribution in [2.45, 2.75) is 44.9 Å². The molecule has 1 amide bonds. The summed E-state index contributed by atoms with van der Waals surface area (Å²) in [7, 11) is 0. The number of allylic oxidation sites excluding steroid dienone is 3. The standard InChI is InChI=1S/C31H35ClN2O6/c32-30-25-19-24(12-8-3-1-2-4-9-17-39-31(38)29(25)26(35)20-27(30)36)33-40-21-28(37)34-15-13-23(14-16-34)18-22-10-6-5-7-11-22/h2,4-8,10-12,20,23,35-36H,1,3,9,13-19,21H2/b4-2+,12-8+,33-24+. The first-order valence-corrected chi connectivity index (χ1v) is 14.0. The average molecular weight is 567 g/mol. The van der Waals surface area contributed by atoms with Crippen LogP contribution < -0.4 is 0 Å². The summed E-state index contributed by atoms with van der Waals surface area (Å²) in [6.07, 6.45) is 12.5. The minimum atomic E-state index is -0.755. The van der Waals surface area contributed by atoms with Gasteiger partial charge in [0.05, 0.1) is 17.3 Å². The van der Waals surface area contributed by atoms with Gasteiger partial charge in [0.25, 0.3) is 5.91 Å². The van der Waals surface area contributed by atoms with Crippen LogP contribution in [-0.2, 0) is 27.2 Å². The molecule has 0 unspecified atom stereocenters. The van der Waals surface area contributed by atoms with Gasteiger partial charge in [-0.15, -0.1) is 0 Å². The monoisotopic (exact) mass is 566 g/mol. The Morgan fingerprint density at radius 3 is 2.55 bits per heavy atom. The average Bonchev–Trinajstić information content (AvgIpc) is 2.95. The van der Waals surface area contributed by atoms with E-state index in [4.69, 9.17) is 21.2 Å². The topological polar surface area (TPSA) is 109 Å². The van der Waals surface area contributed by atoms with Crippen molar-refractivity contribution in [1.29, 1.82) is 0 Å². The number of likely N-dealkylation sites (tertiary alicyclic amines) is 1. The molecule has 8 nitrogen and oxygen atoms in total. The van der Waals surface area contributed by atoms with Gasteiger partial charge in [-0.05, 0) is 61.6 Å². The van der Waals surface area contributed by atoms with Gasteiger partial charge >= 0.3 is 5.97 Å². The first-order chi connectivity index (χ1) is 19.4. The Bertz CT molecular complexity index is 1270. The predicted molar refractivity (Wildman–Crippen MR) is 154 cm³/mol. The number of hydrogen-bond acceptors (Lipinski definition) is 7. The molecular formula is C31H35ClN2O6. The SMILES string of the molecule is O=C1OCC/C=C/CC/C=C/C(=N\OCC(=O)N2CCC(Cc3ccccc3)CC2)Cc2c(Cl)c(O)cc(O)c21. The summed E-state index contributed by atoms with van der Waals surface area (Å²) in [6.45, 7) is 1.26. The summed E-state index contributed by atoms with van der Waals surface area (Å²) < 4.78 is 5.31. The molecule has 0 radical (unpaired) electrons. The molecule has 212 valence electrons. The third kappa shape index (κ3) is 8.11. The predicted octanol–water partition coefficient (Wildman–Crippen LogP) is 5.60. The molecule has 0 aliphatic carbocycles. The van der Waals surface area contributed by atoms with E-state index in [0.29, 0.717) is 31.1 Å². The number of esters is 1. The van der Waals surface area contributed by atoms with Gasteiger partial charge in [0.1, 0.15) is 17.1 Å². The van der Waals surface area contributed by atoms with Crippen molar-refractivity contribution >= 4 is 29.2 Å². The van der Waals surface area contributed by atoms with Crippen LogP contribution in [0.2, 0.25) is 5.02 Å². The molecule has 2 heterocycles. The number of benzene rings is 2. The van der Waals surface area contributed by atoms with E-state index in [1.807, 2.05) is 36.4 Å². The lowest BCUT2D eigenvalue weighted by Gasteiger charge is -2.31. The molecule has 0 atom stereocenters. The summed E-state index contributed by atoms with van der Waals surface area (Å²) in [4.78, 5) is 32.9. The Morgan fingerprint density at radius 1 is 1.05 bits per heavy atom. The van der Waals surface area contributed by atoms with E-state index < -0.39 is 11.7 Å². The zero-order valence-electron chi connectivity index (χ0n) is 22.4. The lowest BCUT2D eigenvalue weighted by molar-refractivity contribution is -0.137. The van der Waals surface area contributed by atoms with Gasteiger partial charge < -0.3 is 24.7 Å². The number of cyclic esters (lactones) is 1. The molecule has 0 aromatic heterocycles. The fourth-order valence-electron chi connectivity index (χ4n) is 4.92. The number of carbonyl (C=O) groups is 2. The van der Waals surface area contributed by atoms with Crippen LogP contribution >= 0.6 is 11.6 Å². The summed E-state index contributed by atoms with van der Waals surface area (Å²) >= 11 is 6.35. The highest BCUT2D eigenvalue weighted by Gasteiger charge is 2.25. The molecular weight excluding hydrogens is 532 g/mol. The second kappa shape index (κ2) is 14.6. The highest BCUT2D eigenvalue weighted by molar-refractivity contribution is 6.33. The Kier molecular flexibility index (Phi) is 10.6. The van der Waals surface area contributed by atoms with Gasteiger partial charge in [0, 0.05) is 25.6 Å². The van der Waals surface area contributed by atoms with Crippen LogP contribution in [0.4, 0.5) is 0 Å². The number of nitrogens with zero attached hydrogens (tertiary/aromatic N) is 2. The fourth-order valence-corrected chi connectivity index (χ4v) is 5.13. The number of carbonyl (C=O) groups excluding carboxylic acids is 2. The van der Waals surface area contributed by atoms with Crippen molar-refractivity contribution < 1.29 is 29.4 Å². The summed E-state index contributed by atoms with van der Waals surface area (Å²) in [5.74, 6) is -1.17. The molecule has 2 aliphatic heterocycles. The van der Waals surface area contributed by atoms with E-state index in [1.54, 1.807) is 11.0 Å². The number of hydrogen-bond donors (Lipinski definition) is 2. The molecule has 40 heavy (non-hydrogen) atoms. The highest BCUT2D eigenvalue weighted by Crippen LogP contribution is 2.37. The van der Waals surface area contributed by atoms with Crippen LogP contribution in [0, 0.1) is 5.92 Å². The number of phenols is 2. The van der Waals surface area contributed by atoms with E-state index in [9.17, 15) is 19.8 Å². The fraction of sp³-hybridized carbons (Fsp3) is 0.387. The number of halogens is 1. The van der Waals surface area contributed by atoms with Crippen molar-refractivity contribution in [3.63, 3.8) is 0 Å². The maximum atomic E-state index is 12.8. The maximum Gasteiger partial charge on any atom is 0.342 e. The number of ether oxygens (including phenoxy) is 1. The molecule has 4 rings (SSSR count). The van der Waals surface area contributed by atoms with Crippen LogP contribution in [0.15, 0.2) is 65.9 Å². The van der Waals surface area contributed by atoms with Crippen LogP contribution in [-0.4, -0.2) is 59.0 Å². The number of oxime groups is 1. The maximum absolute atomic E-state index is 12.8. The zero-order valence-corrected chi connectivity index (χ0v) is 23.2. The highest BCUT2D eigenvalue weighted by atomic mass is 35.5. The van der Waals surface area contributed by atoms with Gasteiger partial charge in [0.15, 0.2) is 6.61 Å². The summed E-state index contributed by atoms with van der Waals surface area (Å²) in [5, 5.41) is 24.7.